The first-order valence-electron chi connectivity index (χ1n) is 13.8. The molecule has 0 aliphatic heterocycles. The second kappa shape index (κ2) is 12.1. The number of carbonyl (C=O) groups is 1. The standard InChI is InChI=1S/C29H36F12O4/c1-22(2,3)14-20(23(4,5)6)15-7-9-16(10-8-15)21(42)45-19-12-17(24(43,26(30,31)32)27(33,34)35)11-18(13-19)25(44,28(36,37)38)29(39,40)41/h7-10,17-20,43-44H,11-14H2,1-6H3. The van der Waals surface area contributed by atoms with Crippen LogP contribution < -0.4 is 0 Å². The molecule has 1 aliphatic rings. The third-order valence-corrected chi connectivity index (χ3v) is 8.26. The monoisotopic (exact) mass is 676 g/mol. The van der Waals surface area contributed by atoms with Gasteiger partial charge in [-0.2, -0.15) is 52.7 Å². The zero-order chi connectivity index (χ0) is 35.4. The molecule has 16 heteroatoms. The van der Waals surface area contributed by atoms with Gasteiger partial charge >= 0.3 is 30.7 Å². The van der Waals surface area contributed by atoms with Crippen LogP contribution in [0.1, 0.15) is 89.1 Å². The van der Waals surface area contributed by atoms with Crippen molar-refractivity contribution >= 4 is 5.97 Å². The van der Waals surface area contributed by atoms with E-state index in [9.17, 15) is 67.7 Å². The van der Waals surface area contributed by atoms with Crippen molar-refractivity contribution in [2.24, 2.45) is 22.7 Å². The maximum absolute atomic E-state index is 13.6. The first-order valence-corrected chi connectivity index (χ1v) is 13.8. The molecule has 3 unspecified atom stereocenters. The lowest BCUT2D eigenvalue weighted by atomic mass is 9.65. The summed E-state index contributed by atoms with van der Waals surface area (Å²) in [5, 5.41) is 19.7. The number of aliphatic hydroxyl groups is 2. The lowest BCUT2D eigenvalue weighted by Gasteiger charge is -2.48. The highest BCUT2D eigenvalue weighted by Crippen LogP contribution is 2.58. The lowest BCUT2D eigenvalue weighted by Crippen LogP contribution is -2.67. The number of ether oxygens (including phenoxy) is 1. The summed E-state index contributed by atoms with van der Waals surface area (Å²) in [4.78, 5) is 12.9. The molecule has 4 nitrogen and oxygen atoms in total. The summed E-state index contributed by atoms with van der Waals surface area (Å²) in [5.74, 6) is -8.36. The molecule has 0 spiro atoms. The summed E-state index contributed by atoms with van der Waals surface area (Å²) in [6.45, 7) is 11.9. The molecule has 1 fully saturated rings. The van der Waals surface area contributed by atoms with Gasteiger partial charge in [-0.25, -0.2) is 4.79 Å². The predicted molar refractivity (Wildman–Crippen MR) is 137 cm³/mol. The fraction of sp³-hybridized carbons (Fsp3) is 0.759. The predicted octanol–water partition coefficient (Wildman–Crippen LogP) is 8.91. The summed E-state index contributed by atoms with van der Waals surface area (Å²) in [6.07, 6.45) is -33.6. The first-order chi connectivity index (χ1) is 19.8. The van der Waals surface area contributed by atoms with Gasteiger partial charge < -0.3 is 14.9 Å². The quantitative estimate of drug-likeness (QED) is 0.233. The van der Waals surface area contributed by atoms with Crippen LogP contribution in [0, 0.1) is 22.7 Å². The number of halogens is 12. The molecule has 1 aromatic carbocycles. The van der Waals surface area contributed by atoms with E-state index in [1.807, 2.05) is 41.5 Å². The number of carbonyl (C=O) groups excluding carboxylic acids is 1. The van der Waals surface area contributed by atoms with E-state index in [1.165, 1.54) is 24.3 Å². The molecule has 0 saturated heterocycles. The smallest absolute Gasteiger partial charge is 0.426 e. The van der Waals surface area contributed by atoms with Crippen LogP contribution in [0.25, 0.3) is 0 Å². The van der Waals surface area contributed by atoms with Crippen LogP contribution in [-0.4, -0.2) is 58.2 Å². The fourth-order valence-electron chi connectivity index (χ4n) is 5.90. The summed E-state index contributed by atoms with van der Waals surface area (Å²) in [7, 11) is 0. The van der Waals surface area contributed by atoms with Gasteiger partial charge in [0.2, 0.25) is 0 Å². The highest BCUT2D eigenvalue weighted by molar-refractivity contribution is 5.89. The number of hydrogen-bond acceptors (Lipinski definition) is 4. The van der Waals surface area contributed by atoms with Crippen LogP contribution in [0.3, 0.4) is 0 Å². The Bertz CT molecular complexity index is 1100. The van der Waals surface area contributed by atoms with E-state index in [0.29, 0.717) is 6.42 Å². The Morgan fingerprint density at radius 3 is 1.33 bits per heavy atom. The first kappa shape index (κ1) is 39.0. The van der Waals surface area contributed by atoms with Crippen molar-refractivity contribution in [2.45, 2.75) is 115 Å². The topological polar surface area (TPSA) is 66.8 Å². The van der Waals surface area contributed by atoms with Gasteiger partial charge in [-0.1, -0.05) is 53.7 Å². The van der Waals surface area contributed by atoms with Crippen LogP contribution >= 0.6 is 0 Å². The minimum absolute atomic E-state index is 0.0627. The van der Waals surface area contributed by atoms with Gasteiger partial charge in [-0.15, -0.1) is 0 Å². The van der Waals surface area contributed by atoms with E-state index >= 15 is 0 Å². The third kappa shape index (κ3) is 8.02. The molecule has 3 atom stereocenters. The molecule has 0 bridgehead atoms. The van der Waals surface area contributed by atoms with E-state index in [1.54, 1.807) is 0 Å². The summed E-state index contributed by atoms with van der Waals surface area (Å²) >= 11 is 0. The molecule has 1 saturated carbocycles. The van der Waals surface area contributed by atoms with Crippen molar-refractivity contribution in [3.63, 3.8) is 0 Å². The normalized spacial score (nSPS) is 22.3. The number of alkyl halides is 12. The molecule has 260 valence electrons. The molecule has 1 aliphatic carbocycles. The van der Waals surface area contributed by atoms with E-state index in [0.717, 1.165) is 5.56 Å². The van der Waals surface area contributed by atoms with Crippen molar-refractivity contribution in [3.05, 3.63) is 35.4 Å². The number of hydrogen-bond donors (Lipinski definition) is 2. The van der Waals surface area contributed by atoms with Crippen molar-refractivity contribution < 1.29 is 72.4 Å². The van der Waals surface area contributed by atoms with Gasteiger partial charge in [-0.3, -0.25) is 0 Å². The van der Waals surface area contributed by atoms with Crippen LogP contribution in [0.15, 0.2) is 24.3 Å². The SMILES string of the molecule is CC(C)(C)CC(c1ccc(C(=O)OC2CC(C(O)(C(F)(F)F)C(F)(F)F)CC(C(O)(C(F)(F)F)C(F)(F)F)C2)cc1)C(C)(C)C. The summed E-state index contributed by atoms with van der Waals surface area (Å²) in [5.41, 5.74) is -11.6. The molecule has 0 radical (unpaired) electrons. The molecular weight excluding hydrogens is 640 g/mol. The fourth-order valence-corrected chi connectivity index (χ4v) is 5.90. The van der Waals surface area contributed by atoms with Crippen LogP contribution in [0.2, 0.25) is 0 Å². The van der Waals surface area contributed by atoms with Crippen molar-refractivity contribution in [3.8, 4) is 0 Å². The van der Waals surface area contributed by atoms with Gasteiger partial charge in [0.1, 0.15) is 6.10 Å². The van der Waals surface area contributed by atoms with Gasteiger partial charge in [-0.05, 0) is 60.1 Å². The summed E-state index contributed by atoms with van der Waals surface area (Å²) in [6, 6.07) is 5.40. The average Bonchev–Trinajstić information content (AvgIpc) is 2.82. The van der Waals surface area contributed by atoms with E-state index in [2.05, 4.69) is 0 Å². The van der Waals surface area contributed by atoms with Crippen LogP contribution in [0.5, 0.6) is 0 Å². The highest BCUT2D eigenvalue weighted by Gasteiger charge is 2.78. The zero-order valence-electron chi connectivity index (χ0n) is 25.2. The number of esters is 1. The maximum Gasteiger partial charge on any atom is 0.426 e. The highest BCUT2D eigenvalue weighted by atomic mass is 19.4. The number of benzene rings is 1. The Morgan fingerprint density at radius 2 is 1.04 bits per heavy atom. The largest absolute Gasteiger partial charge is 0.459 e. The zero-order valence-corrected chi connectivity index (χ0v) is 25.2. The van der Waals surface area contributed by atoms with Crippen LogP contribution in [-0.2, 0) is 4.74 Å². The Balaban J connectivity index is 2.55. The molecule has 1 aromatic rings. The maximum atomic E-state index is 13.6. The second-order valence-corrected chi connectivity index (χ2v) is 14.0. The molecular formula is C29H36F12O4. The minimum atomic E-state index is -6.62. The lowest BCUT2D eigenvalue weighted by molar-refractivity contribution is -0.405. The van der Waals surface area contributed by atoms with E-state index in [-0.39, 0.29) is 22.3 Å². The van der Waals surface area contributed by atoms with Gasteiger partial charge in [0, 0.05) is 11.8 Å². The second-order valence-electron chi connectivity index (χ2n) is 14.0. The molecule has 0 amide bonds. The van der Waals surface area contributed by atoms with Gasteiger partial charge in [0.05, 0.1) is 5.56 Å². The minimum Gasteiger partial charge on any atom is -0.459 e. The van der Waals surface area contributed by atoms with Gasteiger partial charge in [0.25, 0.3) is 11.2 Å². The van der Waals surface area contributed by atoms with Crippen molar-refractivity contribution in [1.29, 1.82) is 0 Å². The van der Waals surface area contributed by atoms with Crippen molar-refractivity contribution in [2.75, 3.05) is 0 Å². The third-order valence-electron chi connectivity index (χ3n) is 8.26. The Morgan fingerprint density at radius 1 is 0.689 bits per heavy atom. The molecule has 0 heterocycles. The Kier molecular flexibility index (Phi) is 10.5. The molecule has 0 aromatic heterocycles. The van der Waals surface area contributed by atoms with Gasteiger partial charge in [0.15, 0.2) is 0 Å². The summed E-state index contributed by atoms with van der Waals surface area (Å²) < 4.78 is 169. The number of rotatable bonds is 6. The van der Waals surface area contributed by atoms with Crippen LogP contribution in [0.4, 0.5) is 52.7 Å². The molecule has 45 heavy (non-hydrogen) atoms. The Hall–Kier alpha value is -2.23. The molecule has 2 rings (SSSR count). The Labute approximate surface area is 252 Å². The van der Waals surface area contributed by atoms with E-state index in [4.69, 9.17) is 4.74 Å². The molecule has 2 N–H and O–H groups in total. The van der Waals surface area contributed by atoms with E-state index < -0.39 is 79.1 Å². The average molecular weight is 677 g/mol. The van der Waals surface area contributed by atoms with Crippen molar-refractivity contribution in [1.82, 2.24) is 0 Å².